The maximum atomic E-state index is 11.7. The van der Waals surface area contributed by atoms with Gasteiger partial charge in [-0.1, -0.05) is 27.4 Å². The monoisotopic (exact) mass is 283 g/mol. The zero-order valence-electron chi connectivity index (χ0n) is 12.1. The number of hydrogen-bond acceptors (Lipinski definition) is 4. The van der Waals surface area contributed by atoms with Crippen LogP contribution in [0.2, 0.25) is 0 Å². The molecule has 0 unspecified atom stereocenters. The van der Waals surface area contributed by atoms with Crippen molar-refractivity contribution in [2.24, 2.45) is 0 Å². The summed E-state index contributed by atoms with van der Waals surface area (Å²) in [4.78, 5) is 24.4. The van der Waals surface area contributed by atoms with Crippen LogP contribution < -0.4 is 0 Å². The molecule has 0 N–H and O–H groups in total. The third kappa shape index (κ3) is 4.42. The lowest BCUT2D eigenvalue weighted by atomic mass is 10.1. The Morgan fingerprint density at radius 3 is 2.37 bits per heavy atom. The van der Waals surface area contributed by atoms with Crippen molar-refractivity contribution < 1.29 is 14.3 Å². The van der Waals surface area contributed by atoms with Crippen molar-refractivity contribution in [3.63, 3.8) is 0 Å². The van der Waals surface area contributed by atoms with Crippen molar-refractivity contribution in [2.45, 2.75) is 50.8 Å². The van der Waals surface area contributed by atoms with Crippen LogP contribution in [0.25, 0.3) is 0 Å². The van der Waals surface area contributed by atoms with Gasteiger partial charge >= 0.3 is 5.97 Å². The Hall–Kier alpha value is -1.23. The fourth-order valence-electron chi connectivity index (χ4n) is 1.77. The molecule has 106 valence electrons. The van der Waals surface area contributed by atoms with E-state index in [4.69, 9.17) is 4.74 Å². The van der Waals surface area contributed by atoms with E-state index in [1.54, 1.807) is 24.0 Å². The molecule has 0 fully saturated rings. The summed E-state index contributed by atoms with van der Waals surface area (Å²) in [6, 6.07) is 0. The molecule has 1 amide bonds. The summed E-state index contributed by atoms with van der Waals surface area (Å²) in [6.45, 7) is 13.0. The highest BCUT2D eigenvalue weighted by Gasteiger charge is 2.37. The minimum Gasteiger partial charge on any atom is -0.440 e. The highest BCUT2D eigenvalue weighted by atomic mass is 32.2. The van der Waals surface area contributed by atoms with Gasteiger partial charge in [0.15, 0.2) is 6.23 Å². The topological polar surface area (TPSA) is 46.6 Å². The number of allylic oxidation sites excluding steroid dienone is 1. The predicted molar refractivity (Wildman–Crippen MR) is 77.5 cm³/mol. The zero-order valence-corrected chi connectivity index (χ0v) is 12.9. The summed E-state index contributed by atoms with van der Waals surface area (Å²) in [5.74, 6) is -0.562. The second kappa shape index (κ2) is 5.82. The lowest BCUT2D eigenvalue weighted by Gasteiger charge is -2.39. The minimum atomic E-state index is -0.628. The molecule has 0 aromatic heterocycles. The number of ether oxygens (including phenoxy) is 1. The van der Waals surface area contributed by atoms with E-state index in [0.29, 0.717) is 0 Å². The fourth-order valence-corrected chi connectivity index (χ4v) is 3.07. The first-order chi connectivity index (χ1) is 8.61. The van der Waals surface area contributed by atoms with Crippen molar-refractivity contribution in [2.75, 3.05) is 0 Å². The Bertz CT molecular complexity index is 423. The SMILES string of the molecule is C=C1C=CN(C(C)=O)[C@@H](OC(C)=O)[C@@H]1SC(C)(C)C. The lowest BCUT2D eigenvalue weighted by molar-refractivity contribution is -0.158. The van der Waals surface area contributed by atoms with Gasteiger partial charge < -0.3 is 4.74 Å². The van der Waals surface area contributed by atoms with Crippen LogP contribution in [0.5, 0.6) is 0 Å². The number of carbonyl (C=O) groups is 2. The van der Waals surface area contributed by atoms with E-state index >= 15 is 0 Å². The molecule has 0 aromatic carbocycles. The molecule has 0 saturated carbocycles. The number of rotatable bonds is 2. The van der Waals surface area contributed by atoms with E-state index in [0.717, 1.165) is 5.57 Å². The Labute approximate surface area is 118 Å². The van der Waals surface area contributed by atoms with Gasteiger partial charge in [-0.15, -0.1) is 11.8 Å². The van der Waals surface area contributed by atoms with Gasteiger partial charge in [0, 0.05) is 24.8 Å². The third-order valence-corrected chi connectivity index (χ3v) is 3.98. The molecule has 0 bridgehead atoms. The second-order valence-corrected chi connectivity index (χ2v) is 7.44. The van der Waals surface area contributed by atoms with Crippen molar-refractivity contribution in [1.82, 2.24) is 4.90 Å². The quantitative estimate of drug-likeness (QED) is 0.731. The summed E-state index contributed by atoms with van der Waals surface area (Å²) in [5.41, 5.74) is 0.851. The Kier molecular flexibility index (Phi) is 4.85. The van der Waals surface area contributed by atoms with Crippen LogP contribution in [0.15, 0.2) is 24.4 Å². The first-order valence-electron chi connectivity index (χ1n) is 6.13. The maximum Gasteiger partial charge on any atom is 0.304 e. The molecule has 0 spiro atoms. The van der Waals surface area contributed by atoms with E-state index in [-0.39, 0.29) is 15.9 Å². The standard InChI is InChI=1S/C14H21NO3S/c1-9-7-8-15(10(2)16)13(18-11(3)17)12(9)19-14(4,5)6/h7-8,12-13H,1H2,2-6H3/t12-,13+/m1/s1. The largest absolute Gasteiger partial charge is 0.440 e. The fraction of sp³-hybridized carbons (Fsp3) is 0.571. The zero-order chi connectivity index (χ0) is 14.8. The summed E-state index contributed by atoms with van der Waals surface area (Å²) in [6.07, 6.45) is 2.79. The van der Waals surface area contributed by atoms with Gasteiger partial charge in [-0.3, -0.25) is 14.5 Å². The van der Waals surface area contributed by atoms with Gasteiger partial charge in [0.05, 0.1) is 5.25 Å². The third-order valence-electron chi connectivity index (χ3n) is 2.48. The number of amides is 1. The van der Waals surface area contributed by atoms with Crippen molar-refractivity contribution in [1.29, 1.82) is 0 Å². The van der Waals surface area contributed by atoms with Crippen molar-refractivity contribution in [3.8, 4) is 0 Å². The Morgan fingerprint density at radius 1 is 1.37 bits per heavy atom. The molecular formula is C14H21NO3S. The number of nitrogens with zero attached hydrogens (tertiary/aromatic N) is 1. The van der Waals surface area contributed by atoms with Crippen LogP contribution in [-0.2, 0) is 14.3 Å². The smallest absolute Gasteiger partial charge is 0.304 e. The molecule has 0 aromatic rings. The summed E-state index contributed by atoms with van der Waals surface area (Å²) >= 11 is 1.64. The summed E-state index contributed by atoms with van der Waals surface area (Å²) < 4.78 is 5.30. The Balaban J connectivity index is 3.07. The van der Waals surface area contributed by atoms with E-state index < -0.39 is 12.2 Å². The highest BCUT2D eigenvalue weighted by Crippen LogP contribution is 2.38. The normalized spacial score (nSPS) is 23.4. The molecule has 0 saturated heterocycles. The van der Waals surface area contributed by atoms with Gasteiger partial charge in [-0.2, -0.15) is 0 Å². The maximum absolute atomic E-state index is 11.7. The second-order valence-electron chi connectivity index (χ2n) is 5.47. The van der Waals surface area contributed by atoms with Crippen LogP contribution in [0.3, 0.4) is 0 Å². The first-order valence-corrected chi connectivity index (χ1v) is 7.01. The molecule has 1 heterocycles. The van der Waals surface area contributed by atoms with E-state index in [9.17, 15) is 9.59 Å². The van der Waals surface area contributed by atoms with Crippen LogP contribution in [0, 0.1) is 0 Å². The van der Waals surface area contributed by atoms with Crippen LogP contribution in [0.1, 0.15) is 34.6 Å². The number of esters is 1. The molecule has 19 heavy (non-hydrogen) atoms. The predicted octanol–water partition coefficient (Wildman–Crippen LogP) is 2.71. The summed E-state index contributed by atoms with van der Waals surface area (Å²) in [5, 5.41) is -0.155. The number of carbonyl (C=O) groups excluding carboxylic acids is 2. The number of hydrogen-bond donors (Lipinski definition) is 0. The van der Waals surface area contributed by atoms with Gasteiger partial charge in [0.2, 0.25) is 5.91 Å². The van der Waals surface area contributed by atoms with E-state index in [2.05, 4.69) is 27.4 Å². The minimum absolute atomic E-state index is 0.0281. The first kappa shape index (κ1) is 15.8. The van der Waals surface area contributed by atoms with Gasteiger partial charge in [0.25, 0.3) is 0 Å². The van der Waals surface area contributed by atoms with Crippen LogP contribution >= 0.6 is 11.8 Å². The molecule has 5 heteroatoms. The molecule has 1 aliphatic rings. The van der Waals surface area contributed by atoms with Gasteiger partial charge in [-0.05, 0) is 11.6 Å². The highest BCUT2D eigenvalue weighted by molar-refractivity contribution is 8.01. The molecule has 1 rings (SSSR count). The molecule has 0 aliphatic carbocycles. The van der Waals surface area contributed by atoms with E-state index in [1.807, 2.05) is 0 Å². The van der Waals surface area contributed by atoms with Gasteiger partial charge in [0.1, 0.15) is 0 Å². The molecule has 1 aliphatic heterocycles. The summed E-state index contributed by atoms with van der Waals surface area (Å²) in [7, 11) is 0. The van der Waals surface area contributed by atoms with Crippen LogP contribution in [0.4, 0.5) is 0 Å². The van der Waals surface area contributed by atoms with Crippen LogP contribution in [-0.4, -0.2) is 33.0 Å². The number of thioether (sulfide) groups is 1. The van der Waals surface area contributed by atoms with Crippen molar-refractivity contribution in [3.05, 3.63) is 24.4 Å². The van der Waals surface area contributed by atoms with Crippen molar-refractivity contribution >= 4 is 23.6 Å². The Morgan fingerprint density at radius 2 is 1.95 bits per heavy atom. The lowest BCUT2D eigenvalue weighted by Crippen LogP contribution is -2.48. The molecule has 0 radical (unpaired) electrons. The molecule has 2 atom stereocenters. The molecular weight excluding hydrogens is 262 g/mol. The van der Waals surface area contributed by atoms with E-state index in [1.165, 1.54) is 18.7 Å². The average molecular weight is 283 g/mol. The molecule has 4 nitrogen and oxygen atoms in total. The van der Waals surface area contributed by atoms with Gasteiger partial charge in [-0.25, -0.2) is 0 Å². The average Bonchev–Trinajstić information content (AvgIpc) is 2.20.